The summed E-state index contributed by atoms with van der Waals surface area (Å²) in [7, 11) is 0. The van der Waals surface area contributed by atoms with Gasteiger partial charge in [-0.3, -0.25) is 9.69 Å². The number of carbonyl (C=O) groups excluding carboxylic acids is 2. The zero-order chi connectivity index (χ0) is 19.5. The molecule has 1 aliphatic heterocycles. The highest BCUT2D eigenvalue weighted by atomic mass is 16.6. The van der Waals surface area contributed by atoms with Gasteiger partial charge in [0.2, 0.25) is 5.91 Å². The minimum atomic E-state index is -0.561. The molecule has 1 saturated heterocycles. The van der Waals surface area contributed by atoms with E-state index in [4.69, 9.17) is 4.74 Å². The molecule has 0 aromatic carbocycles. The number of hydrogen-bond acceptors (Lipinski definition) is 4. The Morgan fingerprint density at radius 3 is 2.58 bits per heavy atom. The van der Waals surface area contributed by atoms with Gasteiger partial charge in [0.1, 0.15) is 11.4 Å². The van der Waals surface area contributed by atoms with Crippen molar-refractivity contribution in [1.29, 1.82) is 0 Å². The smallest absolute Gasteiger partial charge is 0.416 e. The summed E-state index contributed by atoms with van der Waals surface area (Å²) < 4.78 is 5.55. The average molecular weight is 361 g/mol. The summed E-state index contributed by atoms with van der Waals surface area (Å²) in [5.41, 5.74) is 0.448. The van der Waals surface area contributed by atoms with E-state index in [0.29, 0.717) is 5.82 Å². The van der Waals surface area contributed by atoms with Crippen LogP contribution in [-0.2, 0) is 9.53 Å². The predicted molar refractivity (Wildman–Crippen MR) is 102 cm³/mol. The van der Waals surface area contributed by atoms with Crippen LogP contribution in [0.3, 0.4) is 0 Å². The second-order valence-electron chi connectivity index (χ2n) is 7.93. The van der Waals surface area contributed by atoms with Gasteiger partial charge in [-0.2, -0.15) is 0 Å². The van der Waals surface area contributed by atoms with Gasteiger partial charge in [0, 0.05) is 25.7 Å². The van der Waals surface area contributed by atoms with E-state index in [2.05, 4.69) is 4.98 Å². The number of rotatable bonds is 4. The Hall–Kier alpha value is -2.11. The molecule has 2 atom stereocenters. The summed E-state index contributed by atoms with van der Waals surface area (Å²) in [6.07, 6.45) is 4.13. The SMILES string of the molecule is CC[C@H](C)N(C(=O)OC(C)(C)C)c1ccc([C@H]2CCCN2C(C)=O)cn1. The third kappa shape index (κ3) is 4.74. The molecule has 144 valence electrons. The molecular weight excluding hydrogens is 330 g/mol. The van der Waals surface area contributed by atoms with Gasteiger partial charge < -0.3 is 9.64 Å². The molecule has 2 heterocycles. The number of amides is 2. The molecule has 2 rings (SSSR count). The van der Waals surface area contributed by atoms with Crippen molar-refractivity contribution in [3.05, 3.63) is 23.9 Å². The molecule has 1 aromatic rings. The van der Waals surface area contributed by atoms with Crippen LogP contribution in [0.1, 0.15) is 72.4 Å². The van der Waals surface area contributed by atoms with Gasteiger partial charge in [0.25, 0.3) is 0 Å². The van der Waals surface area contributed by atoms with E-state index in [0.717, 1.165) is 31.4 Å². The van der Waals surface area contributed by atoms with E-state index >= 15 is 0 Å². The second-order valence-corrected chi connectivity index (χ2v) is 7.93. The normalized spacial score (nSPS) is 18.5. The topological polar surface area (TPSA) is 62.7 Å². The van der Waals surface area contributed by atoms with Crippen molar-refractivity contribution >= 4 is 17.8 Å². The average Bonchev–Trinajstić information content (AvgIpc) is 3.03. The van der Waals surface area contributed by atoms with Crippen LogP contribution in [0.2, 0.25) is 0 Å². The van der Waals surface area contributed by atoms with Crippen LogP contribution < -0.4 is 4.90 Å². The van der Waals surface area contributed by atoms with Gasteiger partial charge in [-0.05, 0) is 58.6 Å². The van der Waals surface area contributed by atoms with E-state index in [1.54, 1.807) is 18.0 Å². The molecule has 6 heteroatoms. The zero-order valence-corrected chi connectivity index (χ0v) is 16.8. The number of ether oxygens (including phenoxy) is 1. The molecule has 0 spiro atoms. The first-order valence-electron chi connectivity index (χ1n) is 9.39. The number of anilines is 1. The number of likely N-dealkylation sites (tertiary alicyclic amines) is 1. The van der Waals surface area contributed by atoms with Crippen molar-refractivity contribution < 1.29 is 14.3 Å². The summed E-state index contributed by atoms with van der Waals surface area (Å²) in [6, 6.07) is 3.87. The van der Waals surface area contributed by atoms with E-state index in [-0.39, 0.29) is 18.0 Å². The number of nitrogens with zero attached hydrogens (tertiary/aromatic N) is 3. The maximum atomic E-state index is 12.7. The summed E-state index contributed by atoms with van der Waals surface area (Å²) in [6.45, 7) is 12.0. The number of pyridine rings is 1. The number of carbonyl (C=O) groups is 2. The lowest BCUT2D eigenvalue weighted by Crippen LogP contribution is -2.42. The van der Waals surface area contributed by atoms with Crippen molar-refractivity contribution in [2.45, 2.75) is 78.5 Å². The Labute approximate surface area is 156 Å². The third-order valence-corrected chi connectivity index (χ3v) is 4.68. The lowest BCUT2D eigenvalue weighted by atomic mass is 10.1. The van der Waals surface area contributed by atoms with Crippen LogP contribution in [-0.4, -0.2) is 40.1 Å². The standard InChI is InChI=1S/C20H31N3O3/c1-7-14(2)23(19(25)26-20(4,5)6)18-11-10-16(13-21-18)17-9-8-12-22(17)15(3)24/h10-11,13-14,17H,7-9,12H2,1-6H3/t14-,17+/m0/s1. The molecule has 26 heavy (non-hydrogen) atoms. The van der Waals surface area contributed by atoms with Crippen molar-refractivity contribution in [3.63, 3.8) is 0 Å². The van der Waals surface area contributed by atoms with E-state index in [9.17, 15) is 9.59 Å². The van der Waals surface area contributed by atoms with Crippen LogP contribution in [0.15, 0.2) is 18.3 Å². The highest BCUT2D eigenvalue weighted by Gasteiger charge is 2.30. The molecule has 1 aliphatic rings. The Morgan fingerprint density at radius 1 is 1.38 bits per heavy atom. The Balaban J connectivity index is 2.24. The molecule has 1 aromatic heterocycles. The largest absolute Gasteiger partial charge is 0.443 e. The first kappa shape index (κ1) is 20.2. The number of hydrogen-bond donors (Lipinski definition) is 0. The first-order valence-corrected chi connectivity index (χ1v) is 9.39. The fraction of sp³-hybridized carbons (Fsp3) is 0.650. The van der Waals surface area contributed by atoms with Gasteiger partial charge >= 0.3 is 6.09 Å². The van der Waals surface area contributed by atoms with Gasteiger partial charge in [-0.1, -0.05) is 13.0 Å². The van der Waals surface area contributed by atoms with Crippen molar-refractivity contribution in [2.75, 3.05) is 11.4 Å². The van der Waals surface area contributed by atoms with E-state index < -0.39 is 11.7 Å². The molecule has 1 fully saturated rings. The van der Waals surface area contributed by atoms with Gasteiger partial charge in [-0.25, -0.2) is 9.78 Å². The third-order valence-electron chi connectivity index (χ3n) is 4.68. The maximum absolute atomic E-state index is 12.7. The molecule has 0 bridgehead atoms. The molecule has 0 saturated carbocycles. The maximum Gasteiger partial charge on any atom is 0.416 e. The van der Waals surface area contributed by atoms with Crippen LogP contribution in [0.5, 0.6) is 0 Å². The van der Waals surface area contributed by atoms with Crippen molar-refractivity contribution in [2.24, 2.45) is 0 Å². The van der Waals surface area contributed by atoms with Gasteiger partial charge in [-0.15, -0.1) is 0 Å². The predicted octanol–water partition coefficient (Wildman–Crippen LogP) is 4.31. The molecule has 2 amide bonds. The molecule has 0 aliphatic carbocycles. The fourth-order valence-corrected chi connectivity index (χ4v) is 3.22. The lowest BCUT2D eigenvalue weighted by molar-refractivity contribution is -0.129. The van der Waals surface area contributed by atoms with Crippen LogP contribution in [0, 0.1) is 0 Å². The Kier molecular flexibility index (Phi) is 6.26. The van der Waals surface area contributed by atoms with Gasteiger partial charge in [0.15, 0.2) is 0 Å². The fourth-order valence-electron chi connectivity index (χ4n) is 3.22. The van der Waals surface area contributed by atoms with Gasteiger partial charge in [0.05, 0.1) is 6.04 Å². The molecule has 6 nitrogen and oxygen atoms in total. The summed E-state index contributed by atoms with van der Waals surface area (Å²) in [4.78, 5) is 32.5. The van der Waals surface area contributed by atoms with Crippen LogP contribution >= 0.6 is 0 Å². The minimum Gasteiger partial charge on any atom is -0.443 e. The van der Waals surface area contributed by atoms with E-state index in [1.807, 2.05) is 51.7 Å². The molecule has 0 unspecified atom stereocenters. The van der Waals surface area contributed by atoms with Crippen LogP contribution in [0.25, 0.3) is 0 Å². The first-order chi connectivity index (χ1) is 12.1. The quantitative estimate of drug-likeness (QED) is 0.802. The van der Waals surface area contributed by atoms with Crippen LogP contribution in [0.4, 0.5) is 10.6 Å². The summed E-state index contributed by atoms with van der Waals surface area (Å²) in [5, 5.41) is 0. The second kappa shape index (κ2) is 8.06. The monoisotopic (exact) mass is 361 g/mol. The summed E-state index contributed by atoms with van der Waals surface area (Å²) >= 11 is 0. The van der Waals surface area contributed by atoms with E-state index in [1.165, 1.54) is 0 Å². The van der Waals surface area contributed by atoms with Crippen molar-refractivity contribution in [3.8, 4) is 0 Å². The van der Waals surface area contributed by atoms with Crippen molar-refractivity contribution in [1.82, 2.24) is 9.88 Å². The highest BCUT2D eigenvalue weighted by molar-refractivity contribution is 5.87. The molecular formula is C20H31N3O3. The number of aromatic nitrogens is 1. The highest BCUT2D eigenvalue weighted by Crippen LogP contribution is 2.32. The molecule has 0 radical (unpaired) electrons. The zero-order valence-electron chi connectivity index (χ0n) is 16.8. The lowest BCUT2D eigenvalue weighted by Gasteiger charge is -2.31. The Morgan fingerprint density at radius 2 is 2.08 bits per heavy atom. The molecule has 0 N–H and O–H groups in total. The summed E-state index contributed by atoms with van der Waals surface area (Å²) in [5.74, 6) is 0.663. The minimum absolute atomic E-state index is 0.0246. The Bertz CT molecular complexity index is 637.